The zero-order valence-corrected chi connectivity index (χ0v) is 13.2. The monoisotopic (exact) mass is 304 g/mol. The molecule has 0 aliphatic carbocycles. The summed E-state index contributed by atoms with van der Waals surface area (Å²) in [4.78, 5) is 14.5. The molecule has 0 spiro atoms. The van der Waals surface area contributed by atoms with Crippen molar-refractivity contribution < 1.29 is 9.18 Å². The van der Waals surface area contributed by atoms with E-state index in [1.807, 2.05) is 11.0 Å². The molecule has 1 amide bonds. The van der Waals surface area contributed by atoms with Crippen molar-refractivity contribution in [3.63, 3.8) is 0 Å². The van der Waals surface area contributed by atoms with Gasteiger partial charge in [0.05, 0.1) is 0 Å². The minimum Gasteiger partial charge on any atom is -0.341 e. The molecule has 22 heavy (non-hydrogen) atoms. The highest BCUT2D eigenvalue weighted by molar-refractivity contribution is 5.76. The molecule has 2 aliphatic rings. The van der Waals surface area contributed by atoms with Crippen molar-refractivity contribution in [1.82, 2.24) is 10.2 Å². The number of amides is 1. The van der Waals surface area contributed by atoms with Crippen molar-refractivity contribution in [2.24, 2.45) is 5.92 Å². The van der Waals surface area contributed by atoms with Crippen molar-refractivity contribution in [3.05, 3.63) is 35.6 Å². The first-order valence-corrected chi connectivity index (χ1v) is 8.38. The van der Waals surface area contributed by atoms with Crippen molar-refractivity contribution in [3.8, 4) is 0 Å². The van der Waals surface area contributed by atoms with Crippen LogP contribution >= 0.6 is 0 Å². The summed E-state index contributed by atoms with van der Waals surface area (Å²) in [5.41, 5.74) is 0.969. The third-order valence-electron chi connectivity index (χ3n) is 4.87. The first-order chi connectivity index (χ1) is 10.6. The largest absolute Gasteiger partial charge is 0.341 e. The summed E-state index contributed by atoms with van der Waals surface area (Å²) in [5.74, 6) is 0.284. The summed E-state index contributed by atoms with van der Waals surface area (Å²) in [6.45, 7) is 3.80. The van der Waals surface area contributed by atoms with Crippen LogP contribution in [-0.4, -0.2) is 36.0 Å². The maximum atomic E-state index is 13.2. The van der Waals surface area contributed by atoms with Crippen LogP contribution in [0.2, 0.25) is 0 Å². The van der Waals surface area contributed by atoms with Gasteiger partial charge in [0.15, 0.2) is 0 Å². The number of nitrogens with zero attached hydrogens (tertiary/aromatic N) is 1. The summed E-state index contributed by atoms with van der Waals surface area (Å²) in [7, 11) is 0. The summed E-state index contributed by atoms with van der Waals surface area (Å²) in [6, 6.07) is 7.77. The Hall–Kier alpha value is -1.42. The van der Waals surface area contributed by atoms with Gasteiger partial charge in [-0.2, -0.15) is 0 Å². The first kappa shape index (κ1) is 15.5. The second-order valence-corrected chi connectivity index (χ2v) is 6.91. The number of nitrogens with one attached hydrogen (secondary N) is 1. The summed E-state index contributed by atoms with van der Waals surface area (Å²) < 4.78 is 13.2. The third kappa shape index (κ3) is 3.86. The molecule has 3 rings (SSSR count). The lowest BCUT2D eigenvalue weighted by Gasteiger charge is -2.25. The van der Waals surface area contributed by atoms with Gasteiger partial charge in [-0.15, -0.1) is 0 Å². The van der Waals surface area contributed by atoms with Gasteiger partial charge in [-0.05, 0) is 49.3 Å². The molecular weight excluding hydrogens is 279 g/mol. The van der Waals surface area contributed by atoms with Crippen molar-refractivity contribution in [2.75, 3.05) is 13.1 Å². The van der Waals surface area contributed by atoms with Gasteiger partial charge in [-0.1, -0.05) is 19.1 Å². The molecule has 2 fully saturated rings. The first-order valence-electron chi connectivity index (χ1n) is 8.38. The fraction of sp³-hybridized carbons (Fsp3) is 0.611. The molecule has 2 heterocycles. The van der Waals surface area contributed by atoms with E-state index in [1.165, 1.54) is 18.9 Å². The maximum Gasteiger partial charge on any atom is 0.222 e. The SMILES string of the molecule is CC(CC(=O)N1CCC2CCC(C1)N2)Cc1cccc(F)c1. The van der Waals surface area contributed by atoms with E-state index in [-0.39, 0.29) is 17.6 Å². The lowest BCUT2D eigenvalue weighted by molar-refractivity contribution is -0.132. The van der Waals surface area contributed by atoms with Gasteiger partial charge in [0.25, 0.3) is 0 Å². The Kier molecular flexibility index (Phi) is 4.77. The molecule has 4 heteroatoms. The number of carbonyl (C=O) groups is 1. The molecule has 2 aliphatic heterocycles. The molecule has 3 unspecified atom stereocenters. The van der Waals surface area contributed by atoms with Gasteiger partial charge in [0.2, 0.25) is 5.91 Å². The Labute approximate surface area is 131 Å². The molecule has 0 aromatic heterocycles. The molecule has 3 nitrogen and oxygen atoms in total. The quantitative estimate of drug-likeness (QED) is 0.927. The van der Waals surface area contributed by atoms with Gasteiger partial charge in [0, 0.05) is 31.6 Å². The Morgan fingerprint density at radius 2 is 2.18 bits per heavy atom. The lowest BCUT2D eigenvalue weighted by Crippen LogP contribution is -2.39. The smallest absolute Gasteiger partial charge is 0.222 e. The van der Waals surface area contributed by atoms with Crippen LogP contribution in [-0.2, 0) is 11.2 Å². The highest BCUT2D eigenvalue weighted by atomic mass is 19.1. The zero-order valence-electron chi connectivity index (χ0n) is 13.2. The molecular formula is C18H25FN2O. The predicted molar refractivity (Wildman–Crippen MR) is 85.0 cm³/mol. The van der Waals surface area contributed by atoms with E-state index in [0.717, 1.165) is 31.5 Å². The number of hydrogen-bond donors (Lipinski definition) is 1. The van der Waals surface area contributed by atoms with Crippen LogP contribution in [0, 0.1) is 11.7 Å². The number of rotatable bonds is 4. The van der Waals surface area contributed by atoms with Gasteiger partial charge >= 0.3 is 0 Å². The normalized spacial score (nSPS) is 25.8. The van der Waals surface area contributed by atoms with Crippen LogP contribution in [0.4, 0.5) is 4.39 Å². The Morgan fingerprint density at radius 3 is 3.00 bits per heavy atom. The minimum absolute atomic E-state index is 0.203. The minimum atomic E-state index is -0.203. The van der Waals surface area contributed by atoms with Gasteiger partial charge < -0.3 is 10.2 Å². The van der Waals surface area contributed by atoms with Crippen LogP contribution in [0.3, 0.4) is 0 Å². The lowest BCUT2D eigenvalue weighted by atomic mass is 9.97. The van der Waals surface area contributed by atoms with Crippen molar-refractivity contribution >= 4 is 5.91 Å². The molecule has 120 valence electrons. The van der Waals surface area contributed by atoms with Crippen LogP contribution < -0.4 is 5.32 Å². The highest BCUT2D eigenvalue weighted by Crippen LogP contribution is 2.22. The third-order valence-corrected chi connectivity index (χ3v) is 4.87. The van der Waals surface area contributed by atoms with Crippen LogP contribution in [0.1, 0.15) is 38.2 Å². The van der Waals surface area contributed by atoms with Gasteiger partial charge in [-0.3, -0.25) is 4.79 Å². The van der Waals surface area contributed by atoms with E-state index in [2.05, 4.69) is 12.2 Å². The second-order valence-electron chi connectivity index (χ2n) is 6.91. The van der Waals surface area contributed by atoms with E-state index < -0.39 is 0 Å². The standard InChI is InChI=1S/C18H25FN2O/c1-13(9-14-3-2-4-15(19)11-14)10-18(22)21-8-7-16-5-6-17(12-21)20-16/h2-4,11,13,16-17,20H,5-10,12H2,1H3. The summed E-state index contributed by atoms with van der Waals surface area (Å²) in [5, 5.41) is 3.60. The number of halogens is 1. The maximum absolute atomic E-state index is 13.2. The van der Waals surface area contributed by atoms with Crippen LogP contribution in [0.5, 0.6) is 0 Å². The number of hydrogen-bond acceptors (Lipinski definition) is 2. The fourth-order valence-electron chi connectivity index (χ4n) is 3.74. The number of fused-ring (bicyclic) bond motifs is 2. The topological polar surface area (TPSA) is 32.3 Å². The summed E-state index contributed by atoms with van der Waals surface area (Å²) in [6.07, 6.45) is 4.81. The highest BCUT2D eigenvalue weighted by Gasteiger charge is 2.31. The van der Waals surface area contributed by atoms with Crippen LogP contribution in [0.25, 0.3) is 0 Å². The molecule has 1 aromatic rings. The predicted octanol–water partition coefficient (Wildman–Crippen LogP) is 2.75. The van der Waals surface area contributed by atoms with E-state index >= 15 is 0 Å². The zero-order chi connectivity index (χ0) is 15.5. The number of benzene rings is 1. The van der Waals surface area contributed by atoms with E-state index in [9.17, 15) is 9.18 Å². The molecule has 2 bridgehead atoms. The average Bonchev–Trinajstić information content (AvgIpc) is 2.77. The number of likely N-dealkylation sites (tertiary alicyclic amines) is 1. The second kappa shape index (κ2) is 6.78. The Bertz CT molecular complexity index is 534. The average molecular weight is 304 g/mol. The molecule has 0 radical (unpaired) electrons. The fourth-order valence-corrected chi connectivity index (χ4v) is 3.74. The van der Waals surface area contributed by atoms with E-state index in [4.69, 9.17) is 0 Å². The molecule has 0 saturated carbocycles. The number of carbonyl (C=O) groups excluding carboxylic acids is 1. The van der Waals surface area contributed by atoms with Gasteiger partial charge in [0.1, 0.15) is 5.82 Å². The van der Waals surface area contributed by atoms with Crippen LogP contribution in [0.15, 0.2) is 24.3 Å². The Balaban J connectivity index is 1.52. The molecule has 1 N–H and O–H groups in total. The summed E-state index contributed by atoms with van der Waals surface area (Å²) >= 11 is 0. The van der Waals surface area contributed by atoms with E-state index in [0.29, 0.717) is 18.5 Å². The van der Waals surface area contributed by atoms with Gasteiger partial charge in [-0.25, -0.2) is 4.39 Å². The molecule has 3 atom stereocenters. The molecule has 2 saturated heterocycles. The van der Waals surface area contributed by atoms with Crippen molar-refractivity contribution in [1.29, 1.82) is 0 Å². The van der Waals surface area contributed by atoms with E-state index in [1.54, 1.807) is 12.1 Å². The molecule has 1 aromatic carbocycles. The Morgan fingerprint density at radius 1 is 1.36 bits per heavy atom. The van der Waals surface area contributed by atoms with Crippen molar-refractivity contribution in [2.45, 2.75) is 51.1 Å².